The molecule has 0 saturated carbocycles. The van der Waals surface area contributed by atoms with Crippen LogP contribution in [0.2, 0.25) is 0 Å². The number of carbonyl (C=O) groups is 1. The van der Waals surface area contributed by atoms with E-state index in [0.717, 1.165) is 12.8 Å². The fourth-order valence-corrected chi connectivity index (χ4v) is 2.10. The van der Waals surface area contributed by atoms with Gasteiger partial charge in [-0.15, -0.1) is 0 Å². The van der Waals surface area contributed by atoms with Crippen LogP contribution in [0.4, 0.5) is 0 Å². The second kappa shape index (κ2) is 4.52. The van der Waals surface area contributed by atoms with E-state index >= 15 is 0 Å². The van der Waals surface area contributed by atoms with Crippen molar-refractivity contribution in [1.82, 2.24) is 0 Å². The smallest absolute Gasteiger partial charge is 0.310 e. The molecule has 0 aromatic rings. The van der Waals surface area contributed by atoms with Crippen LogP contribution in [0.5, 0.6) is 0 Å². The molecule has 84 valence electrons. The molecule has 0 radical (unpaired) electrons. The second-order valence-corrected chi connectivity index (χ2v) is 4.43. The van der Waals surface area contributed by atoms with E-state index in [1.54, 1.807) is 6.08 Å². The number of carboxylic acids is 1. The normalized spacial score (nSPS) is 24.6. The van der Waals surface area contributed by atoms with Crippen molar-refractivity contribution in [2.45, 2.75) is 26.2 Å². The number of aliphatic carboxylic acids is 1. The summed E-state index contributed by atoms with van der Waals surface area (Å²) in [5, 5.41) is 8.99. The van der Waals surface area contributed by atoms with Gasteiger partial charge in [0.25, 0.3) is 0 Å². The fraction of sp³-hybridized carbons (Fsp3) is 0.357. The SMILES string of the molecule is CC1=CC=C(C2=CC=CC(C(=O)O)C2)CC1. The van der Waals surface area contributed by atoms with Crippen molar-refractivity contribution >= 4 is 5.97 Å². The Bertz CT molecular complexity index is 422. The highest BCUT2D eigenvalue weighted by Gasteiger charge is 2.20. The number of hydrogen-bond acceptors (Lipinski definition) is 1. The molecule has 1 unspecified atom stereocenters. The highest BCUT2D eigenvalue weighted by molar-refractivity contribution is 5.73. The lowest BCUT2D eigenvalue weighted by Gasteiger charge is -2.19. The third-order valence-corrected chi connectivity index (χ3v) is 3.17. The summed E-state index contributed by atoms with van der Waals surface area (Å²) in [6.45, 7) is 2.13. The van der Waals surface area contributed by atoms with Crippen LogP contribution in [0.25, 0.3) is 0 Å². The third-order valence-electron chi connectivity index (χ3n) is 3.17. The highest BCUT2D eigenvalue weighted by Crippen LogP contribution is 2.30. The number of carboxylic acid groups (broad SMARTS) is 1. The molecule has 2 heteroatoms. The van der Waals surface area contributed by atoms with E-state index < -0.39 is 5.97 Å². The Morgan fingerprint density at radius 3 is 2.69 bits per heavy atom. The van der Waals surface area contributed by atoms with Gasteiger partial charge in [0.1, 0.15) is 0 Å². The molecule has 0 aromatic heterocycles. The quantitative estimate of drug-likeness (QED) is 0.769. The summed E-state index contributed by atoms with van der Waals surface area (Å²) in [7, 11) is 0. The van der Waals surface area contributed by atoms with Crippen molar-refractivity contribution < 1.29 is 9.90 Å². The van der Waals surface area contributed by atoms with Crippen LogP contribution in [0.1, 0.15) is 26.2 Å². The average molecular weight is 216 g/mol. The molecule has 0 aliphatic heterocycles. The molecular formula is C14H16O2. The molecule has 1 N–H and O–H groups in total. The molecule has 2 aliphatic rings. The minimum atomic E-state index is -0.731. The molecule has 2 rings (SSSR count). The molecule has 0 fully saturated rings. The molecular weight excluding hydrogens is 200 g/mol. The summed E-state index contributed by atoms with van der Waals surface area (Å²) in [4.78, 5) is 10.9. The van der Waals surface area contributed by atoms with E-state index in [2.05, 4.69) is 19.1 Å². The van der Waals surface area contributed by atoms with Gasteiger partial charge in [-0.1, -0.05) is 36.0 Å². The van der Waals surface area contributed by atoms with E-state index in [9.17, 15) is 4.79 Å². The zero-order chi connectivity index (χ0) is 11.5. The Labute approximate surface area is 95.7 Å². The molecule has 0 saturated heterocycles. The van der Waals surface area contributed by atoms with Crippen LogP contribution in [0, 0.1) is 5.92 Å². The Kier molecular flexibility index (Phi) is 3.09. The van der Waals surface area contributed by atoms with Crippen molar-refractivity contribution in [2.24, 2.45) is 5.92 Å². The summed E-state index contributed by atoms with van der Waals surface area (Å²) in [5.41, 5.74) is 3.87. The van der Waals surface area contributed by atoms with Gasteiger partial charge in [0.2, 0.25) is 0 Å². The van der Waals surface area contributed by atoms with Crippen molar-refractivity contribution in [2.75, 3.05) is 0 Å². The van der Waals surface area contributed by atoms with E-state index in [-0.39, 0.29) is 5.92 Å². The average Bonchev–Trinajstić information content (AvgIpc) is 2.30. The maximum atomic E-state index is 10.9. The fourth-order valence-electron chi connectivity index (χ4n) is 2.10. The van der Waals surface area contributed by atoms with Gasteiger partial charge < -0.3 is 5.11 Å². The zero-order valence-corrected chi connectivity index (χ0v) is 9.44. The van der Waals surface area contributed by atoms with Gasteiger partial charge in [-0.05, 0) is 37.3 Å². The van der Waals surface area contributed by atoms with Gasteiger partial charge in [-0.2, -0.15) is 0 Å². The van der Waals surface area contributed by atoms with Crippen LogP contribution in [-0.2, 0) is 4.79 Å². The van der Waals surface area contributed by atoms with Gasteiger partial charge >= 0.3 is 5.97 Å². The molecule has 2 aliphatic carbocycles. The first kappa shape index (κ1) is 10.9. The monoisotopic (exact) mass is 216 g/mol. The summed E-state index contributed by atoms with van der Waals surface area (Å²) in [5.74, 6) is -1.09. The number of rotatable bonds is 2. The molecule has 0 aromatic carbocycles. The summed E-state index contributed by atoms with van der Waals surface area (Å²) < 4.78 is 0. The molecule has 0 heterocycles. The maximum absolute atomic E-state index is 10.9. The molecule has 0 amide bonds. The van der Waals surface area contributed by atoms with Crippen molar-refractivity contribution in [3.8, 4) is 0 Å². The summed E-state index contributed by atoms with van der Waals surface area (Å²) in [6, 6.07) is 0. The molecule has 0 spiro atoms. The molecule has 1 atom stereocenters. The molecule has 16 heavy (non-hydrogen) atoms. The summed E-state index contributed by atoms with van der Waals surface area (Å²) >= 11 is 0. The first-order valence-corrected chi connectivity index (χ1v) is 5.63. The van der Waals surface area contributed by atoms with Gasteiger partial charge in [0, 0.05) is 0 Å². The maximum Gasteiger partial charge on any atom is 0.310 e. The zero-order valence-electron chi connectivity index (χ0n) is 9.44. The highest BCUT2D eigenvalue weighted by atomic mass is 16.4. The van der Waals surface area contributed by atoms with E-state index in [1.165, 1.54) is 16.7 Å². The van der Waals surface area contributed by atoms with E-state index in [1.807, 2.05) is 12.2 Å². The Balaban J connectivity index is 2.15. The summed E-state index contributed by atoms with van der Waals surface area (Å²) in [6.07, 6.45) is 12.7. The van der Waals surface area contributed by atoms with E-state index in [4.69, 9.17) is 5.11 Å². The second-order valence-electron chi connectivity index (χ2n) is 4.43. The van der Waals surface area contributed by atoms with Crippen molar-refractivity contribution in [3.05, 3.63) is 47.1 Å². The largest absolute Gasteiger partial charge is 0.481 e. The van der Waals surface area contributed by atoms with Gasteiger partial charge in [-0.25, -0.2) is 0 Å². The lowest BCUT2D eigenvalue weighted by atomic mass is 9.85. The van der Waals surface area contributed by atoms with Gasteiger partial charge in [0.05, 0.1) is 5.92 Å². The molecule has 2 nitrogen and oxygen atoms in total. The topological polar surface area (TPSA) is 37.3 Å². The van der Waals surface area contributed by atoms with Crippen molar-refractivity contribution in [3.63, 3.8) is 0 Å². The number of allylic oxidation sites excluding steroid dienone is 7. The lowest BCUT2D eigenvalue weighted by molar-refractivity contribution is -0.140. The predicted molar refractivity (Wildman–Crippen MR) is 64.0 cm³/mol. The standard InChI is InChI=1S/C14H16O2/c1-10-5-7-11(8-6-10)12-3-2-4-13(9-12)14(15)16/h2-5,7,13H,6,8-9H2,1H3,(H,15,16). The number of hydrogen-bond donors (Lipinski definition) is 1. The lowest BCUT2D eigenvalue weighted by Crippen LogP contribution is -2.14. The first-order valence-electron chi connectivity index (χ1n) is 5.63. The first-order chi connectivity index (χ1) is 7.66. The van der Waals surface area contributed by atoms with Gasteiger partial charge in [-0.3, -0.25) is 4.79 Å². The van der Waals surface area contributed by atoms with Crippen LogP contribution in [-0.4, -0.2) is 11.1 Å². The van der Waals surface area contributed by atoms with Gasteiger partial charge in [0.15, 0.2) is 0 Å². The van der Waals surface area contributed by atoms with E-state index in [0.29, 0.717) is 6.42 Å². The third kappa shape index (κ3) is 2.32. The predicted octanol–water partition coefficient (Wildman–Crippen LogP) is 3.24. The Hall–Kier alpha value is -1.57. The van der Waals surface area contributed by atoms with Crippen LogP contribution in [0.15, 0.2) is 47.1 Å². The minimum Gasteiger partial charge on any atom is -0.481 e. The van der Waals surface area contributed by atoms with Crippen molar-refractivity contribution in [1.29, 1.82) is 0 Å². The molecule has 0 bridgehead atoms. The van der Waals surface area contributed by atoms with Crippen LogP contribution >= 0.6 is 0 Å². The minimum absolute atomic E-state index is 0.354. The van der Waals surface area contributed by atoms with Crippen LogP contribution in [0.3, 0.4) is 0 Å². The van der Waals surface area contributed by atoms with Crippen LogP contribution < -0.4 is 0 Å². The Morgan fingerprint density at radius 2 is 2.06 bits per heavy atom. The Morgan fingerprint density at radius 1 is 1.25 bits per heavy atom.